The summed E-state index contributed by atoms with van der Waals surface area (Å²) in [5, 5.41) is 2.49. The van der Waals surface area contributed by atoms with Crippen molar-refractivity contribution < 1.29 is 57.2 Å². The smallest absolute Gasteiger partial charge is 0.303 e. The van der Waals surface area contributed by atoms with Crippen molar-refractivity contribution in [2.75, 3.05) is 19.8 Å². The van der Waals surface area contributed by atoms with Gasteiger partial charge in [0.25, 0.3) is 5.91 Å². The summed E-state index contributed by atoms with van der Waals surface area (Å²) in [6.45, 7) is 3.91. The SMILES string of the molecule is CC(=O)OC[C@@H](OC(C)=O)[C@H](OC(C)=O)[C@@H](OC(C)=O)[C@@H](CNC(=O)COc1ccc(Br)cc1)OC(C)=O. The molecule has 1 aromatic rings. The predicted molar refractivity (Wildman–Crippen MR) is 131 cm³/mol. The minimum absolute atomic E-state index is 0.400. The average molecular weight is 604 g/mol. The van der Waals surface area contributed by atoms with Gasteiger partial charge in [-0.15, -0.1) is 0 Å². The minimum Gasteiger partial charge on any atom is -0.484 e. The molecule has 210 valence electrons. The molecule has 0 aliphatic rings. The molecule has 0 saturated carbocycles. The van der Waals surface area contributed by atoms with E-state index < -0.39 is 79.9 Å². The number of hydrogen-bond acceptors (Lipinski definition) is 12. The summed E-state index contributed by atoms with van der Waals surface area (Å²) < 4.78 is 32.1. The van der Waals surface area contributed by atoms with E-state index >= 15 is 0 Å². The monoisotopic (exact) mass is 603 g/mol. The van der Waals surface area contributed by atoms with Crippen molar-refractivity contribution >= 4 is 51.7 Å². The lowest BCUT2D eigenvalue weighted by molar-refractivity contribution is -0.202. The lowest BCUT2D eigenvalue weighted by Crippen LogP contribution is -2.55. The molecule has 0 saturated heterocycles. The molecule has 0 radical (unpaired) electrons. The molecule has 0 aliphatic heterocycles. The van der Waals surface area contributed by atoms with Crippen LogP contribution in [0.4, 0.5) is 0 Å². The van der Waals surface area contributed by atoms with Crippen molar-refractivity contribution in [3.8, 4) is 5.75 Å². The quantitative estimate of drug-likeness (QED) is 0.238. The van der Waals surface area contributed by atoms with E-state index in [1.807, 2.05) is 0 Å². The van der Waals surface area contributed by atoms with Crippen LogP contribution in [0.3, 0.4) is 0 Å². The van der Waals surface area contributed by atoms with E-state index in [1.54, 1.807) is 24.3 Å². The minimum atomic E-state index is -1.60. The van der Waals surface area contributed by atoms with Crippen LogP contribution in [0.15, 0.2) is 28.7 Å². The predicted octanol–water partition coefficient (Wildman–Crippen LogP) is 1.23. The van der Waals surface area contributed by atoms with Gasteiger partial charge in [-0.3, -0.25) is 28.8 Å². The van der Waals surface area contributed by atoms with E-state index in [4.69, 9.17) is 28.4 Å². The topological polar surface area (TPSA) is 170 Å². The van der Waals surface area contributed by atoms with E-state index in [9.17, 15) is 28.8 Å². The van der Waals surface area contributed by atoms with Crippen molar-refractivity contribution in [3.63, 3.8) is 0 Å². The van der Waals surface area contributed by atoms with Gasteiger partial charge in [0.2, 0.25) is 0 Å². The van der Waals surface area contributed by atoms with Crippen LogP contribution >= 0.6 is 15.9 Å². The molecule has 1 rings (SSSR count). The summed E-state index contributed by atoms with van der Waals surface area (Å²) >= 11 is 3.29. The Bertz CT molecular complexity index is 997. The van der Waals surface area contributed by atoms with Crippen LogP contribution in [0.1, 0.15) is 34.6 Å². The number of carbonyl (C=O) groups is 6. The molecule has 0 unspecified atom stereocenters. The summed E-state index contributed by atoms with van der Waals surface area (Å²) in [5.74, 6) is -4.33. The fourth-order valence-corrected chi connectivity index (χ4v) is 3.35. The van der Waals surface area contributed by atoms with Crippen LogP contribution in [0.25, 0.3) is 0 Å². The zero-order chi connectivity index (χ0) is 28.8. The summed E-state index contributed by atoms with van der Waals surface area (Å²) in [5.41, 5.74) is 0. The summed E-state index contributed by atoms with van der Waals surface area (Å²) in [4.78, 5) is 71.3. The molecule has 0 spiro atoms. The van der Waals surface area contributed by atoms with E-state index in [1.165, 1.54) is 0 Å². The maximum atomic E-state index is 12.4. The van der Waals surface area contributed by atoms with Gasteiger partial charge in [-0.2, -0.15) is 0 Å². The third kappa shape index (κ3) is 13.0. The van der Waals surface area contributed by atoms with Gasteiger partial charge in [-0.1, -0.05) is 15.9 Å². The molecule has 0 fully saturated rings. The second-order valence-electron chi connectivity index (χ2n) is 7.79. The lowest BCUT2D eigenvalue weighted by atomic mass is 10.0. The van der Waals surface area contributed by atoms with Crippen LogP contribution in [0.5, 0.6) is 5.75 Å². The van der Waals surface area contributed by atoms with Crippen LogP contribution < -0.4 is 10.1 Å². The van der Waals surface area contributed by atoms with Gasteiger partial charge in [-0.05, 0) is 24.3 Å². The molecule has 0 aliphatic carbocycles. The van der Waals surface area contributed by atoms with Crippen molar-refractivity contribution in [2.45, 2.75) is 59.0 Å². The van der Waals surface area contributed by atoms with Crippen LogP contribution in [-0.4, -0.2) is 79.9 Å². The normalized spacial score (nSPS) is 13.5. The number of carbonyl (C=O) groups excluding carboxylic acids is 6. The first-order chi connectivity index (χ1) is 17.8. The van der Waals surface area contributed by atoms with Crippen LogP contribution in [0, 0.1) is 0 Å². The first-order valence-corrected chi connectivity index (χ1v) is 12.0. The Balaban J connectivity index is 3.20. The Labute approximate surface area is 227 Å². The highest BCUT2D eigenvalue weighted by molar-refractivity contribution is 9.10. The first-order valence-electron chi connectivity index (χ1n) is 11.3. The molecule has 0 bridgehead atoms. The molecule has 38 heavy (non-hydrogen) atoms. The van der Waals surface area contributed by atoms with Gasteiger partial charge >= 0.3 is 29.8 Å². The number of hydrogen-bond donors (Lipinski definition) is 1. The number of halogens is 1. The van der Waals surface area contributed by atoms with Crippen molar-refractivity contribution in [1.82, 2.24) is 5.32 Å². The number of ether oxygens (including phenoxy) is 6. The van der Waals surface area contributed by atoms with Gasteiger partial charge in [0.05, 0.1) is 6.54 Å². The van der Waals surface area contributed by atoms with Gasteiger partial charge in [0.15, 0.2) is 31.0 Å². The number of rotatable bonds is 14. The number of benzene rings is 1. The van der Waals surface area contributed by atoms with Gasteiger partial charge < -0.3 is 33.7 Å². The maximum Gasteiger partial charge on any atom is 0.303 e. The van der Waals surface area contributed by atoms with E-state index in [-0.39, 0.29) is 0 Å². The summed E-state index contributed by atoms with van der Waals surface area (Å²) in [6.07, 6.45) is -6.07. The zero-order valence-corrected chi connectivity index (χ0v) is 23.1. The van der Waals surface area contributed by atoms with E-state index in [2.05, 4.69) is 21.2 Å². The molecule has 13 nitrogen and oxygen atoms in total. The third-order valence-electron chi connectivity index (χ3n) is 4.43. The molecular weight excluding hydrogens is 574 g/mol. The Morgan fingerprint density at radius 3 is 1.66 bits per heavy atom. The van der Waals surface area contributed by atoms with Crippen LogP contribution in [-0.2, 0) is 52.5 Å². The molecule has 1 N–H and O–H groups in total. The van der Waals surface area contributed by atoms with Crippen LogP contribution in [0.2, 0.25) is 0 Å². The second-order valence-corrected chi connectivity index (χ2v) is 8.71. The third-order valence-corrected chi connectivity index (χ3v) is 4.96. The molecule has 1 aromatic carbocycles. The highest BCUT2D eigenvalue weighted by atomic mass is 79.9. The molecule has 0 heterocycles. The number of amides is 1. The zero-order valence-electron chi connectivity index (χ0n) is 21.5. The molecule has 0 aromatic heterocycles. The van der Waals surface area contributed by atoms with Gasteiger partial charge in [-0.25, -0.2) is 0 Å². The molecule has 4 atom stereocenters. The maximum absolute atomic E-state index is 12.4. The Morgan fingerprint density at radius 1 is 0.711 bits per heavy atom. The Hall–Kier alpha value is -3.68. The Kier molecular flexibility index (Phi) is 13.8. The largest absolute Gasteiger partial charge is 0.484 e. The highest BCUT2D eigenvalue weighted by Crippen LogP contribution is 2.20. The molecular formula is C24H30BrNO12. The summed E-state index contributed by atoms with van der Waals surface area (Å²) in [6, 6.07) is 6.71. The van der Waals surface area contributed by atoms with Crippen molar-refractivity contribution in [3.05, 3.63) is 28.7 Å². The molecule has 14 heteroatoms. The fraction of sp³-hybridized carbons (Fsp3) is 0.500. The lowest BCUT2D eigenvalue weighted by Gasteiger charge is -2.35. The Morgan fingerprint density at radius 2 is 1.18 bits per heavy atom. The fourth-order valence-electron chi connectivity index (χ4n) is 3.08. The highest BCUT2D eigenvalue weighted by Gasteiger charge is 2.44. The van der Waals surface area contributed by atoms with E-state index in [0.29, 0.717) is 5.75 Å². The standard InChI is InChI=1S/C24H30BrNO12/c1-13(27)33-11-21(36-15(3)29)24(38-17(5)31)23(37-16(4)30)20(35-14(2)28)10-26-22(32)12-34-19-8-6-18(25)7-9-19/h6-9,20-21,23-24H,10-12H2,1-5H3,(H,26,32)/t20-,21-,23+,24+/m1/s1. The van der Waals surface area contributed by atoms with Crippen molar-refractivity contribution in [1.29, 1.82) is 0 Å². The second kappa shape index (κ2) is 16.2. The van der Waals surface area contributed by atoms with E-state index in [0.717, 1.165) is 39.1 Å². The van der Waals surface area contributed by atoms with Crippen molar-refractivity contribution in [2.24, 2.45) is 0 Å². The number of esters is 5. The number of nitrogens with one attached hydrogen (secondary N) is 1. The molecule has 1 amide bonds. The van der Waals surface area contributed by atoms with Gasteiger partial charge in [0, 0.05) is 39.1 Å². The summed E-state index contributed by atoms with van der Waals surface area (Å²) in [7, 11) is 0. The van der Waals surface area contributed by atoms with Gasteiger partial charge in [0.1, 0.15) is 12.4 Å². The average Bonchev–Trinajstić information content (AvgIpc) is 2.80. The first kappa shape index (κ1) is 32.3.